The van der Waals surface area contributed by atoms with E-state index in [1.165, 1.54) is 0 Å². The van der Waals surface area contributed by atoms with Crippen LogP contribution >= 0.6 is 0 Å². The lowest BCUT2D eigenvalue weighted by atomic mass is 9.97. The average molecular weight is 182 g/mol. The molecule has 0 aromatic carbocycles. The third-order valence-electron chi connectivity index (χ3n) is 2.72. The Balaban J connectivity index is 2.26. The average Bonchev–Trinajstić information content (AvgIpc) is 2.52. The number of Topliss-reactive ketones (excluding diaryl/α,β-unsaturated/α-hetero) is 2. The Hall–Kier alpha value is -0.660. The van der Waals surface area contributed by atoms with Crippen molar-refractivity contribution in [3.63, 3.8) is 0 Å². The fourth-order valence-electron chi connectivity index (χ4n) is 1.88. The molecule has 1 saturated carbocycles. The first-order valence-corrected chi connectivity index (χ1v) is 5.31. The third kappa shape index (κ3) is 2.94. The molecule has 0 radical (unpaired) electrons. The highest BCUT2D eigenvalue weighted by molar-refractivity contribution is 6.03. The van der Waals surface area contributed by atoms with Crippen LogP contribution in [0.4, 0.5) is 0 Å². The molecule has 2 nitrogen and oxygen atoms in total. The predicted octanol–water partition coefficient (Wildman–Crippen LogP) is 2.51. The summed E-state index contributed by atoms with van der Waals surface area (Å²) in [5, 5.41) is 0. The molecule has 1 unspecified atom stereocenters. The van der Waals surface area contributed by atoms with Gasteiger partial charge in [-0.1, -0.05) is 19.8 Å². The molecule has 0 aliphatic heterocycles. The van der Waals surface area contributed by atoms with Gasteiger partial charge in [0, 0.05) is 12.8 Å². The third-order valence-corrected chi connectivity index (χ3v) is 2.72. The Morgan fingerprint density at radius 1 is 1.46 bits per heavy atom. The minimum atomic E-state index is -0.225. The molecular formula is C11H18O2. The van der Waals surface area contributed by atoms with Gasteiger partial charge in [-0.3, -0.25) is 9.59 Å². The summed E-state index contributed by atoms with van der Waals surface area (Å²) in [5.41, 5.74) is 0. The molecule has 0 amide bonds. The number of carbonyl (C=O) groups is 2. The zero-order chi connectivity index (χ0) is 9.68. The molecule has 74 valence electrons. The van der Waals surface area contributed by atoms with Crippen molar-refractivity contribution >= 4 is 11.6 Å². The Kier molecular flexibility index (Phi) is 4.13. The zero-order valence-corrected chi connectivity index (χ0v) is 8.34. The first-order chi connectivity index (χ1) is 6.25. The summed E-state index contributed by atoms with van der Waals surface area (Å²) in [6.07, 6.45) is 6.17. The van der Waals surface area contributed by atoms with Gasteiger partial charge in [0.05, 0.1) is 5.92 Å². The SMILES string of the molecule is CCCCCC(=O)C1CCCC1=O. The molecule has 1 rings (SSSR count). The summed E-state index contributed by atoms with van der Waals surface area (Å²) in [5.74, 6) is 0.148. The van der Waals surface area contributed by atoms with Crippen molar-refractivity contribution in [1.29, 1.82) is 0 Å². The number of rotatable bonds is 5. The first-order valence-electron chi connectivity index (χ1n) is 5.31. The summed E-state index contributed by atoms with van der Waals surface area (Å²) in [6.45, 7) is 2.12. The molecule has 0 aromatic heterocycles. The van der Waals surface area contributed by atoms with Crippen molar-refractivity contribution in [3.05, 3.63) is 0 Å². The number of hydrogen-bond donors (Lipinski definition) is 0. The van der Waals surface area contributed by atoms with Crippen LogP contribution in [0.1, 0.15) is 51.9 Å². The van der Waals surface area contributed by atoms with Crippen molar-refractivity contribution in [2.45, 2.75) is 51.9 Å². The van der Waals surface area contributed by atoms with Crippen LogP contribution in [0.3, 0.4) is 0 Å². The predicted molar refractivity (Wildman–Crippen MR) is 51.5 cm³/mol. The van der Waals surface area contributed by atoms with Gasteiger partial charge >= 0.3 is 0 Å². The standard InChI is InChI=1S/C11H18O2/c1-2-3-4-7-10(12)9-6-5-8-11(9)13/h9H,2-8H2,1H3. The number of carbonyl (C=O) groups excluding carboxylic acids is 2. The number of hydrogen-bond acceptors (Lipinski definition) is 2. The Labute approximate surface area is 79.7 Å². The van der Waals surface area contributed by atoms with Crippen LogP contribution in [0.2, 0.25) is 0 Å². The second kappa shape index (κ2) is 5.15. The molecule has 1 aliphatic carbocycles. The summed E-state index contributed by atoms with van der Waals surface area (Å²) < 4.78 is 0. The zero-order valence-electron chi connectivity index (χ0n) is 8.34. The summed E-state index contributed by atoms with van der Waals surface area (Å²) in [4.78, 5) is 22.7. The van der Waals surface area contributed by atoms with Crippen LogP contribution in [-0.2, 0) is 9.59 Å². The van der Waals surface area contributed by atoms with E-state index in [4.69, 9.17) is 0 Å². The molecule has 2 heteroatoms. The van der Waals surface area contributed by atoms with Gasteiger partial charge in [0.2, 0.25) is 0 Å². The second-order valence-corrected chi connectivity index (χ2v) is 3.83. The van der Waals surface area contributed by atoms with E-state index in [1.54, 1.807) is 0 Å². The minimum Gasteiger partial charge on any atom is -0.299 e. The highest BCUT2D eigenvalue weighted by atomic mass is 16.2. The highest BCUT2D eigenvalue weighted by Gasteiger charge is 2.29. The van der Waals surface area contributed by atoms with E-state index in [9.17, 15) is 9.59 Å². The van der Waals surface area contributed by atoms with Gasteiger partial charge in [-0.2, -0.15) is 0 Å². The van der Waals surface area contributed by atoms with Crippen LogP contribution in [0.15, 0.2) is 0 Å². The lowest BCUT2D eigenvalue weighted by molar-refractivity contribution is -0.130. The Morgan fingerprint density at radius 3 is 2.77 bits per heavy atom. The second-order valence-electron chi connectivity index (χ2n) is 3.83. The van der Waals surface area contributed by atoms with Crippen molar-refractivity contribution in [1.82, 2.24) is 0 Å². The largest absolute Gasteiger partial charge is 0.299 e. The molecule has 1 aliphatic rings. The van der Waals surface area contributed by atoms with E-state index < -0.39 is 0 Å². The normalized spacial score (nSPS) is 22.2. The molecule has 1 fully saturated rings. The maximum absolute atomic E-state index is 11.5. The van der Waals surface area contributed by atoms with Crippen molar-refractivity contribution in [2.24, 2.45) is 5.92 Å². The van der Waals surface area contributed by atoms with E-state index in [0.717, 1.165) is 32.1 Å². The first kappa shape index (κ1) is 10.4. The maximum Gasteiger partial charge on any atom is 0.143 e. The van der Waals surface area contributed by atoms with Gasteiger partial charge in [-0.15, -0.1) is 0 Å². The molecular weight excluding hydrogens is 164 g/mol. The topological polar surface area (TPSA) is 34.1 Å². The van der Waals surface area contributed by atoms with Crippen LogP contribution in [0, 0.1) is 5.92 Å². The number of ketones is 2. The van der Waals surface area contributed by atoms with Gasteiger partial charge in [0.15, 0.2) is 0 Å². The fourth-order valence-corrected chi connectivity index (χ4v) is 1.88. The van der Waals surface area contributed by atoms with E-state index in [1.807, 2.05) is 0 Å². The van der Waals surface area contributed by atoms with Crippen molar-refractivity contribution < 1.29 is 9.59 Å². The quantitative estimate of drug-likeness (QED) is 0.483. The van der Waals surface area contributed by atoms with Crippen molar-refractivity contribution in [3.8, 4) is 0 Å². The lowest BCUT2D eigenvalue weighted by Crippen LogP contribution is -2.18. The molecule has 0 aromatic rings. The summed E-state index contributed by atoms with van der Waals surface area (Å²) in [7, 11) is 0. The fraction of sp³-hybridized carbons (Fsp3) is 0.818. The van der Waals surface area contributed by atoms with Gasteiger partial charge in [0.25, 0.3) is 0 Å². The molecule has 1 atom stereocenters. The molecule has 0 heterocycles. The maximum atomic E-state index is 11.5. The van der Waals surface area contributed by atoms with Gasteiger partial charge in [-0.25, -0.2) is 0 Å². The van der Waals surface area contributed by atoms with Crippen LogP contribution < -0.4 is 0 Å². The monoisotopic (exact) mass is 182 g/mol. The van der Waals surface area contributed by atoms with Gasteiger partial charge in [0.1, 0.15) is 11.6 Å². The van der Waals surface area contributed by atoms with Crippen LogP contribution in [-0.4, -0.2) is 11.6 Å². The minimum absolute atomic E-state index is 0.182. The van der Waals surface area contributed by atoms with Crippen molar-refractivity contribution in [2.75, 3.05) is 0 Å². The Bertz CT molecular complexity index is 196. The van der Waals surface area contributed by atoms with E-state index in [0.29, 0.717) is 12.8 Å². The Morgan fingerprint density at radius 2 is 2.23 bits per heavy atom. The van der Waals surface area contributed by atoms with Crippen LogP contribution in [0.25, 0.3) is 0 Å². The lowest BCUT2D eigenvalue weighted by Gasteiger charge is -2.05. The summed E-state index contributed by atoms with van der Waals surface area (Å²) >= 11 is 0. The van der Waals surface area contributed by atoms with E-state index in [-0.39, 0.29) is 17.5 Å². The highest BCUT2D eigenvalue weighted by Crippen LogP contribution is 2.23. The van der Waals surface area contributed by atoms with Gasteiger partial charge < -0.3 is 0 Å². The number of unbranched alkanes of at least 4 members (excludes halogenated alkanes) is 2. The smallest absolute Gasteiger partial charge is 0.143 e. The molecule has 0 bridgehead atoms. The molecule has 0 spiro atoms. The molecule has 0 saturated heterocycles. The van der Waals surface area contributed by atoms with E-state index in [2.05, 4.69) is 6.92 Å². The molecule has 0 N–H and O–H groups in total. The summed E-state index contributed by atoms with van der Waals surface area (Å²) in [6, 6.07) is 0. The van der Waals surface area contributed by atoms with E-state index >= 15 is 0 Å². The van der Waals surface area contributed by atoms with Gasteiger partial charge in [-0.05, 0) is 19.3 Å². The molecule has 13 heavy (non-hydrogen) atoms. The van der Waals surface area contributed by atoms with Crippen LogP contribution in [0.5, 0.6) is 0 Å².